The first-order chi connectivity index (χ1) is 13.6. The number of thiocarbonyl (C=S) groups is 2. The van der Waals surface area contributed by atoms with Gasteiger partial charge in [0.05, 0.1) is 0 Å². The van der Waals surface area contributed by atoms with Crippen molar-refractivity contribution in [3.05, 3.63) is 71.3 Å². The molecule has 2 N–H and O–H groups in total. The molecule has 150 valence electrons. The molecule has 0 aliphatic rings. The minimum absolute atomic E-state index is 0.165. The van der Waals surface area contributed by atoms with Gasteiger partial charge in [0.2, 0.25) is 0 Å². The van der Waals surface area contributed by atoms with Crippen LogP contribution in [0, 0.1) is 11.6 Å². The molecule has 8 heteroatoms. The van der Waals surface area contributed by atoms with Crippen LogP contribution in [0.2, 0.25) is 0 Å². The summed E-state index contributed by atoms with van der Waals surface area (Å²) < 4.78 is 28.4. The van der Waals surface area contributed by atoms with Crippen LogP contribution >= 0.6 is 46.0 Å². The lowest BCUT2D eigenvalue weighted by Crippen LogP contribution is -2.22. The third kappa shape index (κ3) is 8.86. The summed E-state index contributed by atoms with van der Waals surface area (Å²) in [6.45, 7) is 1.37. The van der Waals surface area contributed by atoms with Gasteiger partial charge in [0.25, 0.3) is 0 Å². The second kappa shape index (κ2) is 13.1. The second-order valence-corrected chi connectivity index (χ2v) is 9.47. The van der Waals surface area contributed by atoms with E-state index in [1.54, 1.807) is 24.3 Å². The van der Waals surface area contributed by atoms with E-state index < -0.39 is 0 Å². The maximum absolute atomic E-state index is 13.5. The largest absolute Gasteiger partial charge is 0.370 e. The number of benzene rings is 2. The molecule has 28 heavy (non-hydrogen) atoms. The molecule has 0 aromatic heterocycles. The lowest BCUT2D eigenvalue weighted by atomic mass is 10.1. The van der Waals surface area contributed by atoms with Crippen molar-refractivity contribution in [2.75, 3.05) is 13.1 Å². The molecule has 0 bridgehead atoms. The summed E-state index contributed by atoms with van der Waals surface area (Å²) in [7, 11) is 2.78. The highest BCUT2D eigenvalue weighted by Crippen LogP contribution is 2.23. The first-order valence-electron chi connectivity index (χ1n) is 8.93. The zero-order valence-corrected chi connectivity index (χ0v) is 18.5. The molecule has 2 aromatic carbocycles. The van der Waals surface area contributed by atoms with Gasteiger partial charge in [0.15, 0.2) is 0 Å². The van der Waals surface area contributed by atoms with Crippen LogP contribution in [0.4, 0.5) is 8.78 Å². The number of hydrogen-bond donors (Lipinski definition) is 2. The molecule has 2 aromatic rings. The highest BCUT2D eigenvalue weighted by Gasteiger charge is 2.05. The molecule has 0 aliphatic heterocycles. The van der Waals surface area contributed by atoms with E-state index in [4.69, 9.17) is 24.4 Å². The third-order valence-electron chi connectivity index (χ3n) is 3.89. The van der Waals surface area contributed by atoms with Gasteiger partial charge in [0.1, 0.15) is 20.3 Å². The van der Waals surface area contributed by atoms with Crippen LogP contribution in [0.15, 0.2) is 48.5 Å². The molecule has 0 saturated heterocycles. The Bertz CT molecular complexity index is 721. The Hall–Kier alpha value is -1.22. The zero-order chi connectivity index (χ0) is 20.2. The van der Waals surface area contributed by atoms with Crippen LogP contribution in [0.25, 0.3) is 0 Å². The smallest absolute Gasteiger partial charge is 0.144 e. The lowest BCUT2D eigenvalue weighted by molar-refractivity contribution is 0.603. The first-order valence-corrected chi connectivity index (χ1v) is 11.9. The van der Waals surface area contributed by atoms with Gasteiger partial charge in [-0.2, -0.15) is 0 Å². The Kier molecular flexibility index (Phi) is 10.8. The van der Waals surface area contributed by atoms with Crippen LogP contribution in [0.5, 0.6) is 0 Å². The van der Waals surface area contributed by atoms with E-state index in [1.165, 1.54) is 33.7 Å². The van der Waals surface area contributed by atoms with Crippen LogP contribution in [-0.4, -0.2) is 21.7 Å². The van der Waals surface area contributed by atoms with Crippen molar-refractivity contribution in [3.8, 4) is 0 Å². The van der Waals surface area contributed by atoms with Gasteiger partial charge in [0, 0.05) is 13.1 Å². The predicted octanol–water partition coefficient (Wildman–Crippen LogP) is 5.66. The standard InChI is InChI=1S/C20H22F2N2S4/c21-17-11-3-1-7-15(17)9-5-13-23-19(25)27-28-20(26)24-14-6-10-16-8-2-4-12-18(16)22/h1-4,7-8,11-12H,5-6,9-10,13-14H2,(H,23,25)(H,24,26). The van der Waals surface area contributed by atoms with Gasteiger partial charge in [-0.15, -0.1) is 0 Å². The van der Waals surface area contributed by atoms with E-state index in [2.05, 4.69) is 10.6 Å². The molecular formula is C20H22F2N2S4. The number of halogens is 2. The fraction of sp³-hybridized carbons (Fsp3) is 0.300. The van der Waals surface area contributed by atoms with Crippen molar-refractivity contribution < 1.29 is 8.78 Å². The summed E-state index contributed by atoms with van der Waals surface area (Å²) in [5, 5.41) is 6.29. The summed E-state index contributed by atoms with van der Waals surface area (Å²) in [4.78, 5) is 0. The Balaban J connectivity index is 1.51. The Morgan fingerprint density at radius 1 is 0.714 bits per heavy atom. The molecule has 0 atom stereocenters. The minimum atomic E-state index is -0.165. The third-order valence-corrected chi connectivity index (χ3v) is 7.24. The predicted molar refractivity (Wildman–Crippen MR) is 126 cm³/mol. The molecule has 0 radical (unpaired) electrons. The van der Waals surface area contributed by atoms with Crippen LogP contribution in [0.3, 0.4) is 0 Å². The molecule has 0 unspecified atom stereocenters. The van der Waals surface area contributed by atoms with Crippen molar-refractivity contribution >= 4 is 54.7 Å². The first kappa shape index (κ1) is 23.1. The van der Waals surface area contributed by atoms with Gasteiger partial charge in [-0.05, 0) is 70.5 Å². The van der Waals surface area contributed by atoms with Crippen molar-refractivity contribution in [3.63, 3.8) is 0 Å². The van der Waals surface area contributed by atoms with Crippen LogP contribution in [-0.2, 0) is 12.8 Å². The minimum Gasteiger partial charge on any atom is -0.370 e. The Labute approximate surface area is 183 Å². The van der Waals surface area contributed by atoms with Crippen LogP contribution in [0.1, 0.15) is 24.0 Å². The van der Waals surface area contributed by atoms with E-state index in [-0.39, 0.29) is 11.6 Å². The summed E-state index contributed by atoms with van der Waals surface area (Å²) in [6.07, 6.45) is 2.93. The van der Waals surface area contributed by atoms with Gasteiger partial charge < -0.3 is 10.6 Å². The van der Waals surface area contributed by atoms with Crippen molar-refractivity contribution in [2.24, 2.45) is 0 Å². The summed E-state index contributed by atoms with van der Waals surface area (Å²) in [6, 6.07) is 13.6. The van der Waals surface area contributed by atoms with E-state index in [0.29, 0.717) is 34.6 Å². The van der Waals surface area contributed by atoms with Crippen molar-refractivity contribution in [1.82, 2.24) is 10.6 Å². The number of aryl methyl sites for hydroxylation is 2. The molecule has 0 amide bonds. The monoisotopic (exact) mass is 456 g/mol. The molecule has 0 aliphatic carbocycles. The summed E-state index contributed by atoms with van der Waals surface area (Å²) >= 11 is 10.5. The highest BCUT2D eigenvalue weighted by atomic mass is 33.1. The highest BCUT2D eigenvalue weighted by molar-refractivity contribution is 8.89. The topological polar surface area (TPSA) is 24.1 Å². The van der Waals surface area contributed by atoms with Gasteiger partial charge in [-0.3, -0.25) is 0 Å². The zero-order valence-electron chi connectivity index (χ0n) is 15.3. The quantitative estimate of drug-likeness (QED) is 0.302. The molecular weight excluding hydrogens is 434 g/mol. The van der Waals surface area contributed by atoms with Crippen LogP contribution < -0.4 is 10.6 Å². The Morgan fingerprint density at radius 2 is 1.11 bits per heavy atom. The van der Waals surface area contributed by atoms with E-state index in [0.717, 1.165) is 24.0 Å². The molecule has 2 rings (SSSR count). The van der Waals surface area contributed by atoms with Gasteiger partial charge in [-0.1, -0.05) is 60.8 Å². The molecule has 0 fully saturated rings. The molecule has 0 heterocycles. The summed E-state index contributed by atoms with van der Waals surface area (Å²) in [5.41, 5.74) is 1.44. The van der Waals surface area contributed by atoms with Gasteiger partial charge in [-0.25, -0.2) is 8.78 Å². The van der Waals surface area contributed by atoms with E-state index in [1.807, 2.05) is 12.1 Å². The summed E-state index contributed by atoms with van der Waals surface area (Å²) in [5.74, 6) is -0.331. The van der Waals surface area contributed by atoms with E-state index in [9.17, 15) is 8.78 Å². The normalized spacial score (nSPS) is 10.5. The number of hydrogen-bond acceptors (Lipinski definition) is 4. The number of nitrogens with one attached hydrogen (secondary N) is 2. The van der Waals surface area contributed by atoms with Crippen molar-refractivity contribution in [1.29, 1.82) is 0 Å². The second-order valence-electron chi connectivity index (χ2n) is 5.99. The fourth-order valence-electron chi connectivity index (χ4n) is 2.48. The molecule has 2 nitrogen and oxygen atoms in total. The Morgan fingerprint density at radius 3 is 1.50 bits per heavy atom. The maximum atomic E-state index is 13.5. The average molecular weight is 457 g/mol. The van der Waals surface area contributed by atoms with Gasteiger partial charge >= 0.3 is 0 Å². The SMILES string of the molecule is Fc1ccccc1CCCNC(=S)SSC(=S)NCCCc1ccccc1F. The molecule has 0 spiro atoms. The maximum Gasteiger partial charge on any atom is 0.144 e. The fourth-order valence-corrected chi connectivity index (χ4v) is 4.57. The number of rotatable bonds is 8. The van der Waals surface area contributed by atoms with E-state index >= 15 is 0 Å². The molecule has 0 saturated carbocycles. The average Bonchev–Trinajstić information content (AvgIpc) is 2.69. The van der Waals surface area contributed by atoms with Crippen molar-refractivity contribution in [2.45, 2.75) is 25.7 Å². The lowest BCUT2D eigenvalue weighted by Gasteiger charge is -2.09.